The van der Waals surface area contributed by atoms with Crippen molar-refractivity contribution in [3.63, 3.8) is 0 Å². The number of hydrogen-bond donors (Lipinski definition) is 2. The van der Waals surface area contributed by atoms with E-state index in [-0.39, 0.29) is 24.1 Å². The molecule has 2 N–H and O–H groups in total. The molecule has 2 heterocycles. The quantitative estimate of drug-likeness (QED) is 0.899. The molecule has 1 saturated heterocycles. The van der Waals surface area contributed by atoms with E-state index in [0.29, 0.717) is 24.3 Å². The topological polar surface area (TPSA) is 86.8 Å². The zero-order valence-corrected chi connectivity index (χ0v) is 13.2. The molecule has 0 radical (unpaired) electrons. The average molecular weight is 316 g/mol. The molecule has 1 aliphatic rings. The lowest BCUT2D eigenvalue weighted by atomic mass is 10.0. The van der Waals surface area contributed by atoms with Crippen LogP contribution in [-0.2, 0) is 6.42 Å². The number of aryl methyl sites for hydroxylation is 2. The highest BCUT2D eigenvalue weighted by Crippen LogP contribution is 2.25. The van der Waals surface area contributed by atoms with Crippen LogP contribution in [-0.4, -0.2) is 45.4 Å². The second-order valence-electron chi connectivity index (χ2n) is 6.18. The molecule has 122 valence electrons. The van der Waals surface area contributed by atoms with Crippen molar-refractivity contribution in [3.8, 4) is 5.75 Å². The summed E-state index contributed by atoms with van der Waals surface area (Å²) in [6.07, 6.45) is -0.0475. The van der Waals surface area contributed by atoms with Gasteiger partial charge in [-0.2, -0.15) is 0 Å². The van der Waals surface area contributed by atoms with E-state index in [2.05, 4.69) is 5.16 Å². The summed E-state index contributed by atoms with van der Waals surface area (Å²) < 4.78 is 5.19. The third-order valence-electron chi connectivity index (χ3n) is 4.29. The molecule has 2 aromatic rings. The van der Waals surface area contributed by atoms with Gasteiger partial charge in [0.15, 0.2) is 0 Å². The SMILES string of the molecule is Cc1cc(C[C@@H]2CN(C(=O)c3ccc(C)c(O)c3)C[C@H]2O)on1. The van der Waals surface area contributed by atoms with E-state index >= 15 is 0 Å². The van der Waals surface area contributed by atoms with E-state index in [1.54, 1.807) is 24.0 Å². The molecule has 3 rings (SSSR count). The normalized spacial score (nSPS) is 20.9. The molecule has 0 unspecified atom stereocenters. The van der Waals surface area contributed by atoms with E-state index in [0.717, 1.165) is 11.3 Å². The van der Waals surface area contributed by atoms with Gasteiger partial charge < -0.3 is 19.6 Å². The molecule has 1 aliphatic heterocycles. The molecule has 23 heavy (non-hydrogen) atoms. The van der Waals surface area contributed by atoms with Crippen LogP contribution in [0.15, 0.2) is 28.8 Å². The molecule has 1 aromatic heterocycles. The van der Waals surface area contributed by atoms with Crippen LogP contribution in [0.5, 0.6) is 5.75 Å². The smallest absolute Gasteiger partial charge is 0.254 e. The second-order valence-corrected chi connectivity index (χ2v) is 6.18. The molecular formula is C17H20N2O4. The number of hydrogen-bond acceptors (Lipinski definition) is 5. The van der Waals surface area contributed by atoms with Crippen LogP contribution in [0.4, 0.5) is 0 Å². The van der Waals surface area contributed by atoms with Crippen LogP contribution in [0.1, 0.15) is 27.4 Å². The second kappa shape index (κ2) is 6.04. The van der Waals surface area contributed by atoms with Gasteiger partial charge in [0.05, 0.1) is 11.8 Å². The number of rotatable bonds is 3. The fourth-order valence-electron chi connectivity index (χ4n) is 2.92. The van der Waals surface area contributed by atoms with Gasteiger partial charge in [0, 0.05) is 37.1 Å². The Balaban J connectivity index is 1.69. The maximum absolute atomic E-state index is 12.5. The van der Waals surface area contributed by atoms with Crippen molar-refractivity contribution in [1.82, 2.24) is 10.1 Å². The first-order chi connectivity index (χ1) is 10.9. The van der Waals surface area contributed by atoms with E-state index in [1.165, 1.54) is 6.07 Å². The van der Waals surface area contributed by atoms with E-state index < -0.39 is 6.10 Å². The van der Waals surface area contributed by atoms with Gasteiger partial charge in [0.25, 0.3) is 5.91 Å². The zero-order chi connectivity index (χ0) is 16.6. The van der Waals surface area contributed by atoms with Crippen molar-refractivity contribution in [2.24, 2.45) is 5.92 Å². The van der Waals surface area contributed by atoms with Crippen molar-refractivity contribution in [3.05, 3.63) is 46.8 Å². The highest BCUT2D eigenvalue weighted by atomic mass is 16.5. The van der Waals surface area contributed by atoms with Crippen molar-refractivity contribution < 1.29 is 19.5 Å². The Morgan fingerprint density at radius 1 is 1.35 bits per heavy atom. The number of phenols is 1. The van der Waals surface area contributed by atoms with Crippen LogP contribution >= 0.6 is 0 Å². The average Bonchev–Trinajstić information content (AvgIpc) is 3.08. The number of nitrogens with zero attached hydrogens (tertiary/aromatic N) is 2. The molecule has 0 aliphatic carbocycles. The van der Waals surface area contributed by atoms with Gasteiger partial charge in [-0.05, 0) is 31.5 Å². The maximum Gasteiger partial charge on any atom is 0.254 e. The molecule has 0 bridgehead atoms. The number of carbonyl (C=O) groups is 1. The molecule has 6 heteroatoms. The van der Waals surface area contributed by atoms with E-state index in [9.17, 15) is 15.0 Å². The Morgan fingerprint density at radius 2 is 2.13 bits per heavy atom. The molecular weight excluding hydrogens is 296 g/mol. The van der Waals surface area contributed by atoms with Crippen molar-refractivity contribution in [2.45, 2.75) is 26.4 Å². The maximum atomic E-state index is 12.5. The minimum absolute atomic E-state index is 0.0784. The van der Waals surface area contributed by atoms with Gasteiger partial charge in [-0.3, -0.25) is 4.79 Å². The van der Waals surface area contributed by atoms with Gasteiger partial charge in [-0.1, -0.05) is 11.2 Å². The lowest BCUT2D eigenvalue weighted by Gasteiger charge is -2.16. The Morgan fingerprint density at radius 3 is 2.78 bits per heavy atom. The molecule has 6 nitrogen and oxygen atoms in total. The molecule has 0 spiro atoms. The van der Waals surface area contributed by atoms with Crippen LogP contribution in [0, 0.1) is 19.8 Å². The summed E-state index contributed by atoms with van der Waals surface area (Å²) in [5, 5.41) is 23.8. The number of aromatic nitrogens is 1. The van der Waals surface area contributed by atoms with Crippen LogP contribution in [0.2, 0.25) is 0 Å². The van der Waals surface area contributed by atoms with E-state index in [4.69, 9.17) is 4.52 Å². The minimum Gasteiger partial charge on any atom is -0.508 e. The van der Waals surface area contributed by atoms with Crippen molar-refractivity contribution in [2.75, 3.05) is 13.1 Å². The summed E-state index contributed by atoms with van der Waals surface area (Å²) in [4.78, 5) is 14.1. The number of aromatic hydroxyl groups is 1. The number of likely N-dealkylation sites (tertiary alicyclic amines) is 1. The Hall–Kier alpha value is -2.34. The first kappa shape index (κ1) is 15.6. The monoisotopic (exact) mass is 316 g/mol. The molecule has 1 fully saturated rings. The summed E-state index contributed by atoms with van der Waals surface area (Å²) >= 11 is 0. The third-order valence-corrected chi connectivity index (χ3v) is 4.29. The Bertz CT molecular complexity index is 725. The Kier molecular flexibility index (Phi) is 4.09. The highest BCUT2D eigenvalue weighted by Gasteiger charge is 2.35. The molecule has 1 amide bonds. The number of amides is 1. The fourth-order valence-corrected chi connectivity index (χ4v) is 2.92. The van der Waals surface area contributed by atoms with Gasteiger partial charge >= 0.3 is 0 Å². The lowest BCUT2D eigenvalue weighted by Crippen LogP contribution is -2.29. The summed E-state index contributed by atoms with van der Waals surface area (Å²) in [6, 6.07) is 6.72. The number of benzene rings is 1. The standard InChI is InChI=1S/C17H20N2O4/c1-10-3-4-12(7-15(10)20)17(22)19-8-13(16(21)9-19)6-14-5-11(2)18-23-14/h3-5,7,13,16,20-21H,6,8-9H2,1-2H3/t13-,16-/m1/s1. The highest BCUT2D eigenvalue weighted by molar-refractivity contribution is 5.95. The predicted molar refractivity (Wildman–Crippen MR) is 83.2 cm³/mol. The molecule has 0 saturated carbocycles. The predicted octanol–water partition coefficient (Wildman–Crippen LogP) is 1.67. The molecule has 1 aromatic carbocycles. The van der Waals surface area contributed by atoms with Gasteiger partial charge in [-0.15, -0.1) is 0 Å². The first-order valence-electron chi connectivity index (χ1n) is 7.63. The number of aliphatic hydroxyl groups excluding tert-OH is 1. The van der Waals surface area contributed by atoms with Crippen LogP contribution in [0.25, 0.3) is 0 Å². The van der Waals surface area contributed by atoms with Crippen molar-refractivity contribution in [1.29, 1.82) is 0 Å². The third kappa shape index (κ3) is 3.22. The zero-order valence-electron chi connectivity index (χ0n) is 13.2. The number of aliphatic hydroxyl groups is 1. The number of β-amino-alcohol motifs (C(OH)–C–C–N with tert-alkyl or cyclic N) is 1. The summed E-state index contributed by atoms with van der Waals surface area (Å²) in [7, 11) is 0. The molecule has 2 atom stereocenters. The fraction of sp³-hybridized carbons (Fsp3) is 0.412. The number of carbonyl (C=O) groups excluding carboxylic acids is 1. The van der Waals surface area contributed by atoms with Gasteiger partial charge in [0.2, 0.25) is 0 Å². The van der Waals surface area contributed by atoms with Crippen LogP contribution < -0.4 is 0 Å². The van der Waals surface area contributed by atoms with Gasteiger partial charge in [0.1, 0.15) is 11.5 Å². The summed E-state index contributed by atoms with van der Waals surface area (Å²) in [5.74, 6) is 0.555. The van der Waals surface area contributed by atoms with Crippen LogP contribution in [0.3, 0.4) is 0 Å². The van der Waals surface area contributed by atoms with Gasteiger partial charge in [-0.25, -0.2) is 0 Å². The Labute approximate surface area is 134 Å². The van der Waals surface area contributed by atoms with E-state index in [1.807, 2.05) is 13.0 Å². The van der Waals surface area contributed by atoms with Crippen molar-refractivity contribution >= 4 is 5.91 Å². The summed E-state index contributed by atoms with van der Waals surface area (Å²) in [6.45, 7) is 4.36. The first-order valence-corrected chi connectivity index (χ1v) is 7.63. The lowest BCUT2D eigenvalue weighted by molar-refractivity contribution is 0.0764. The number of phenolic OH excluding ortho intramolecular Hbond substituents is 1. The summed E-state index contributed by atoms with van der Waals surface area (Å²) in [5.41, 5.74) is 1.95. The minimum atomic E-state index is -0.594. The largest absolute Gasteiger partial charge is 0.508 e.